The van der Waals surface area contributed by atoms with E-state index in [1.54, 1.807) is 6.07 Å². The summed E-state index contributed by atoms with van der Waals surface area (Å²) in [6.07, 6.45) is 0. The van der Waals surface area contributed by atoms with Crippen molar-refractivity contribution in [2.24, 2.45) is 0 Å². The van der Waals surface area contributed by atoms with E-state index in [2.05, 4.69) is 24.1 Å². The molecule has 80 valence electrons. The summed E-state index contributed by atoms with van der Waals surface area (Å²) < 4.78 is 0. The van der Waals surface area contributed by atoms with Crippen LogP contribution in [0.3, 0.4) is 0 Å². The SMILES string of the molecule is CC#CCNC(C)c1cc(Cl)cc(Cl)c1. The first kappa shape index (κ1) is 12.4. The Morgan fingerprint density at radius 2 is 1.87 bits per heavy atom. The van der Waals surface area contributed by atoms with E-state index in [0.717, 1.165) is 5.56 Å². The van der Waals surface area contributed by atoms with Gasteiger partial charge in [-0.05, 0) is 37.6 Å². The molecule has 0 saturated carbocycles. The average molecular weight is 242 g/mol. The van der Waals surface area contributed by atoms with Gasteiger partial charge in [0.05, 0.1) is 6.54 Å². The molecule has 0 radical (unpaired) electrons. The highest BCUT2D eigenvalue weighted by Gasteiger charge is 2.05. The molecule has 1 aromatic carbocycles. The van der Waals surface area contributed by atoms with Gasteiger partial charge in [-0.2, -0.15) is 0 Å². The third kappa shape index (κ3) is 4.13. The van der Waals surface area contributed by atoms with Crippen molar-refractivity contribution in [1.82, 2.24) is 5.32 Å². The summed E-state index contributed by atoms with van der Waals surface area (Å²) in [6, 6.07) is 5.74. The van der Waals surface area contributed by atoms with Crippen molar-refractivity contribution in [3.63, 3.8) is 0 Å². The monoisotopic (exact) mass is 241 g/mol. The van der Waals surface area contributed by atoms with Crippen LogP contribution in [0.5, 0.6) is 0 Å². The highest BCUT2D eigenvalue weighted by Crippen LogP contribution is 2.23. The summed E-state index contributed by atoms with van der Waals surface area (Å²) in [5, 5.41) is 4.58. The third-order valence-electron chi connectivity index (χ3n) is 2.06. The zero-order valence-electron chi connectivity index (χ0n) is 8.77. The van der Waals surface area contributed by atoms with Crippen molar-refractivity contribution in [3.05, 3.63) is 33.8 Å². The molecule has 15 heavy (non-hydrogen) atoms. The van der Waals surface area contributed by atoms with Gasteiger partial charge in [0, 0.05) is 16.1 Å². The van der Waals surface area contributed by atoms with Gasteiger partial charge in [0.15, 0.2) is 0 Å². The van der Waals surface area contributed by atoms with Crippen molar-refractivity contribution < 1.29 is 0 Å². The molecule has 0 saturated heterocycles. The normalized spacial score (nSPS) is 11.7. The molecule has 3 heteroatoms. The van der Waals surface area contributed by atoms with Gasteiger partial charge in [0.25, 0.3) is 0 Å². The van der Waals surface area contributed by atoms with Crippen molar-refractivity contribution in [3.8, 4) is 11.8 Å². The molecular weight excluding hydrogens is 229 g/mol. The van der Waals surface area contributed by atoms with Gasteiger partial charge in [-0.3, -0.25) is 5.32 Å². The Hall–Kier alpha value is -0.680. The lowest BCUT2D eigenvalue weighted by Gasteiger charge is -2.12. The second-order valence-electron chi connectivity index (χ2n) is 3.23. The predicted molar refractivity (Wildman–Crippen MR) is 66.3 cm³/mol. The van der Waals surface area contributed by atoms with E-state index in [1.165, 1.54) is 0 Å². The lowest BCUT2D eigenvalue weighted by Crippen LogP contribution is -2.18. The van der Waals surface area contributed by atoms with Crippen LogP contribution in [0.1, 0.15) is 25.5 Å². The van der Waals surface area contributed by atoms with Crippen LogP contribution in [0.15, 0.2) is 18.2 Å². The highest BCUT2D eigenvalue weighted by molar-refractivity contribution is 6.34. The molecule has 1 aromatic rings. The van der Waals surface area contributed by atoms with Gasteiger partial charge in [-0.15, -0.1) is 5.92 Å². The molecule has 0 aliphatic rings. The van der Waals surface area contributed by atoms with Crippen molar-refractivity contribution in [2.75, 3.05) is 6.54 Å². The van der Waals surface area contributed by atoms with Gasteiger partial charge in [-0.1, -0.05) is 29.1 Å². The van der Waals surface area contributed by atoms with Gasteiger partial charge in [0.1, 0.15) is 0 Å². The van der Waals surface area contributed by atoms with Crippen LogP contribution >= 0.6 is 23.2 Å². The van der Waals surface area contributed by atoms with E-state index >= 15 is 0 Å². The van der Waals surface area contributed by atoms with Gasteiger partial charge >= 0.3 is 0 Å². The van der Waals surface area contributed by atoms with Crippen molar-refractivity contribution in [1.29, 1.82) is 0 Å². The Labute approximate surface area is 101 Å². The molecule has 1 unspecified atom stereocenters. The van der Waals surface area contributed by atoms with E-state index in [1.807, 2.05) is 19.1 Å². The fraction of sp³-hybridized carbons (Fsp3) is 0.333. The minimum atomic E-state index is 0.196. The molecular formula is C12H13Cl2N. The number of hydrogen-bond acceptors (Lipinski definition) is 1. The molecule has 1 atom stereocenters. The molecule has 0 spiro atoms. The van der Waals surface area contributed by atoms with Crippen LogP contribution < -0.4 is 5.32 Å². The van der Waals surface area contributed by atoms with Crippen LogP contribution in [-0.4, -0.2) is 6.54 Å². The van der Waals surface area contributed by atoms with Crippen LogP contribution in [0, 0.1) is 11.8 Å². The number of rotatable bonds is 3. The molecule has 0 bridgehead atoms. The molecule has 1 N–H and O–H groups in total. The zero-order chi connectivity index (χ0) is 11.3. The van der Waals surface area contributed by atoms with E-state index in [-0.39, 0.29) is 6.04 Å². The van der Waals surface area contributed by atoms with E-state index in [0.29, 0.717) is 16.6 Å². The third-order valence-corrected chi connectivity index (χ3v) is 2.49. The minimum Gasteiger partial charge on any atom is -0.300 e. The summed E-state index contributed by atoms with van der Waals surface area (Å²) >= 11 is 11.8. The summed E-state index contributed by atoms with van der Waals surface area (Å²) in [7, 11) is 0. The van der Waals surface area contributed by atoms with Crippen molar-refractivity contribution >= 4 is 23.2 Å². The largest absolute Gasteiger partial charge is 0.300 e. The Morgan fingerprint density at radius 1 is 1.27 bits per heavy atom. The van der Waals surface area contributed by atoms with Crippen LogP contribution in [0.4, 0.5) is 0 Å². The quantitative estimate of drug-likeness (QED) is 0.797. The zero-order valence-corrected chi connectivity index (χ0v) is 10.3. The highest BCUT2D eigenvalue weighted by atomic mass is 35.5. The molecule has 0 fully saturated rings. The topological polar surface area (TPSA) is 12.0 Å². The fourth-order valence-electron chi connectivity index (χ4n) is 1.24. The predicted octanol–water partition coefficient (Wildman–Crippen LogP) is 3.67. The van der Waals surface area contributed by atoms with Gasteiger partial charge in [0.2, 0.25) is 0 Å². The first-order valence-electron chi connectivity index (χ1n) is 4.72. The maximum absolute atomic E-state index is 5.92. The summed E-state index contributed by atoms with van der Waals surface area (Å²) in [6.45, 7) is 4.55. The number of halogens is 2. The summed E-state index contributed by atoms with van der Waals surface area (Å²) in [4.78, 5) is 0. The molecule has 1 rings (SSSR count). The molecule has 0 aliphatic heterocycles. The standard InChI is InChI=1S/C12H13Cl2N/c1-3-4-5-15-9(2)10-6-11(13)8-12(14)7-10/h6-9,15H,5H2,1-2H3. The second kappa shape index (κ2) is 6.02. The lowest BCUT2D eigenvalue weighted by molar-refractivity contribution is 0.623. The Morgan fingerprint density at radius 3 is 2.40 bits per heavy atom. The Kier molecular flexibility index (Phi) is 4.98. The molecule has 1 nitrogen and oxygen atoms in total. The average Bonchev–Trinajstić information content (AvgIpc) is 2.16. The maximum atomic E-state index is 5.92. The van der Waals surface area contributed by atoms with E-state index in [4.69, 9.17) is 23.2 Å². The maximum Gasteiger partial charge on any atom is 0.0581 e. The van der Waals surface area contributed by atoms with Crippen LogP contribution in [0.2, 0.25) is 10.0 Å². The summed E-state index contributed by atoms with van der Waals surface area (Å²) in [5.74, 6) is 5.78. The summed E-state index contributed by atoms with van der Waals surface area (Å²) in [5.41, 5.74) is 1.07. The van der Waals surface area contributed by atoms with Crippen LogP contribution in [-0.2, 0) is 0 Å². The molecule has 0 amide bonds. The molecule has 0 aromatic heterocycles. The van der Waals surface area contributed by atoms with Gasteiger partial charge < -0.3 is 0 Å². The first-order valence-corrected chi connectivity index (χ1v) is 5.48. The van der Waals surface area contributed by atoms with Crippen molar-refractivity contribution in [2.45, 2.75) is 19.9 Å². The van der Waals surface area contributed by atoms with Gasteiger partial charge in [-0.25, -0.2) is 0 Å². The second-order valence-corrected chi connectivity index (χ2v) is 4.11. The fourth-order valence-corrected chi connectivity index (χ4v) is 1.78. The lowest BCUT2D eigenvalue weighted by atomic mass is 10.1. The minimum absolute atomic E-state index is 0.196. The molecule has 0 aliphatic carbocycles. The van der Waals surface area contributed by atoms with E-state index in [9.17, 15) is 0 Å². The number of hydrogen-bond donors (Lipinski definition) is 1. The Balaban J connectivity index is 2.71. The number of benzene rings is 1. The Bertz CT molecular complexity index is 370. The molecule has 0 heterocycles. The first-order chi connectivity index (χ1) is 7.13. The smallest absolute Gasteiger partial charge is 0.0581 e. The van der Waals surface area contributed by atoms with Crippen LogP contribution in [0.25, 0.3) is 0 Å². The van der Waals surface area contributed by atoms with E-state index < -0.39 is 0 Å². The number of nitrogens with one attached hydrogen (secondary N) is 1.